The number of alkyl halides is 1. The second kappa shape index (κ2) is 7.70. The number of amides is 1. The van der Waals surface area contributed by atoms with Crippen LogP contribution in [0, 0.1) is 13.8 Å². The maximum Gasteiger partial charge on any atom is 0.220 e. The smallest absolute Gasteiger partial charge is 0.220 e. The Bertz CT molecular complexity index is 608. The van der Waals surface area contributed by atoms with Gasteiger partial charge in [-0.05, 0) is 26.3 Å². The lowest BCUT2D eigenvalue weighted by molar-refractivity contribution is -0.121. The summed E-state index contributed by atoms with van der Waals surface area (Å²) in [5.74, 6) is 0.100. The summed E-state index contributed by atoms with van der Waals surface area (Å²) in [5, 5.41) is 11.1. The second-order valence-electron chi connectivity index (χ2n) is 4.85. The summed E-state index contributed by atoms with van der Waals surface area (Å²) in [4.78, 5) is 16.1. The molecule has 114 valence electrons. The first-order valence-corrected chi connectivity index (χ1v) is 8.91. The van der Waals surface area contributed by atoms with Gasteiger partial charge in [0.25, 0.3) is 0 Å². The molecule has 0 saturated carbocycles. The van der Waals surface area contributed by atoms with Gasteiger partial charge in [0.05, 0.1) is 11.4 Å². The summed E-state index contributed by atoms with van der Waals surface area (Å²) in [7, 11) is 0. The van der Waals surface area contributed by atoms with E-state index in [4.69, 9.17) is 0 Å². The van der Waals surface area contributed by atoms with Crippen molar-refractivity contribution in [1.82, 2.24) is 20.1 Å². The number of nitrogens with one attached hydrogen (secondary N) is 1. The Morgan fingerprint density at radius 2 is 2.29 bits per heavy atom. The van der Waals surface area contributed by atoms with E-state index in [0.717, 1.165) is 40.4 Å². The summed E-state index contributed by atoms with van der Waals surface area (Å²) in [6.07, 6.45) is 2.18. The van der Waals surface area contributed by atoms with Crippen LogP contribution < -0.4 is 5.32 Å². The van der Waals surface area contributed by atoms with Crippen LogP contribution in [0.4, 0.5) is 0 Å². The Morgan fingerprint density at radius 3 is 2.95 bits per heavy atom. The quantitative estimate of drug-likeness (QED) is 0.762. The minimum atomic E-state index is 0.100. The average Bonchev–Trinajstić information content (AvgIpc) is 3.03. The number of aryl methyl sites for hydroxylation is 2. The van der Waals surface area contributed by atoms with Crippen molar-refractivity contribution in [2.24, 2.45) is 0 Å². The minimum absolute atomic E-state index is 0.100. The largest absolute Gasteiger partial charge is 0.356 e. The number of thiazole rings is 1. The molecule has 5 nitrogen and oxygen atoms in total. The molecule has 2 rings (SSSR count). The highest BCUT2D eigenvalue weighted by molar-refractivity contribution is 9.09. The first-order valence-electron chi connectivity index (χ1n) is 6.91. The highest BCUT2D eigenvalue weighted by Crippen LogP contribution is 2.17. The molecule has 0 spiro atoms. The normalized spacial score (nSPS) is 10.8. The van der Waals surface area contributed by atoms with Gasteiger partial charge < -0.3 is 5.32 Å². The average molecular weight is 371 g/mol. The molecule has 0 fully saturated rings. The van der Waals surface area contributed by atoms with E-state index in [2.05, 4.69) is 31.3 Å². The van der Waals surface area contributed by atoms with Crippen molar-refractivity contribution in [3.05, 3.63) is 28.5 Å². The fourth-order valence-electron chi connectivity index (χ4n) is 1.98. The van der Waals surface area contributed by atoms with Gasteiger partial charge >= 0.3 is 0 Å². The van der Waals surface area contributed by atoms with Crippen LogP contribution in [0.3, 0.4) is 0 Å². The Morgan fingerprint density at radius 1 is 1.48 bits per heavy atom. The van der Waals surface area contributed by atoms with Crippen molar-refractivity contribution < 1.29 is 4.79 Å². The molecule has 0 aliphatic carbocycles. The van der Waals surface area contributed by atoms with E-state index in [9.17, 15) is 4.79 Å². The number of halogens is 1. The molecule has 0 radical (unpaired) electrons. The molecule has 21 heavy (non-hydrogen) atoms. The zero-order valence-corrected chi connectivity index (χ0v) is 14.6. The molecule has 2 aromatic rings. The highest BCUT2D eigenvalue weighted by Gasteiger charge is 2.09. The summed E-state index contributed by atoms with van der Waals surface area (Å²) in [5.41, 5.74) is 3.06. The van der Waals surface area contributed by atoms with Gasteiger partial charge in [-0.25, -0.2) is 9.67 Å². The zero-order chi connectivity index (χ0) is 15.2. The Labute approximate surface area is 136 Å². The van der Waals surface area contributed by atoms with Crippen LogP contribution in [-0.2, 0) is 11.2 Å². The predicted octanol–water partition coefficient (Wildman–Crippen LogP) is 2.78. The van der Waals surface area contributed by atoms with E-state index >= 15 is 0 Å². The molecule has 1 N–H and O–H groups in total. The van der Waals surface area contributed by atoms with Gasteiger partial charge in [-0.3, -0.25) is 4.79 Å². The zero-order valence-electron chi connectivity index (χ0n) is 12.2. The number of carbonyl (C=O) groups excluding carboxylic acids is 1. The van der Waals surface area contributed by atoms with Crippen LogP contribution in [0.15, 0.2) is 11.4 Å². The molecule has 2 aromatic heterocycles. The lowest BCUT2D eigenvalue weighted by Crippen LogP contribution is -2.25. The summed E-state index contributed by atoms with van der Waals surface area (Å²) in [6.45, 7) is 4.62. The summed E-state index contributed by atoms with van der Waals surface area (Å²) >= 11 is 4.89. The molecule has 0 atom stereocenters. The maximum atomic E-state index is 11.5. The van der Waals surface area contributed by atoms with E-state index in [1.165, 1.54) is 0 Å². The van der Waals surface area contributed by atoms with E-state index in [0.29, 0.717) is 13.0 Å². The molecule has 1 amide bonds. The molecule has 0 saturated heterocycles. The Hall–Kier alpha value is -1.21. The molecular weight excluding hydrogens is 352 g/mol. The number of hydrogen-bond donors (Lipinski definition) is 1. The highest BCUT2D eigenvalue weighted by atomic mass is 79.9. The number of aromatic nitrogens is 3. The topological polar surface area (TPSA) is 59.8 Å². The summed E-state index contributed by atoms with van der Waals surface area (Å²) in [6, 6.07) is 2.03. The second-order valence-corrected chi connectivity index (χ2v) is 6.48. The molecule has 0 aliphatic rings. The van der Waals surface area contributed by atoms with Gasteiger partial charge in [0.15, 0.2) is 0 Å². The fourth-order valence-corrected chi connectivity index (χ4v) is 3.12. The molecule has 0 unspecified atom stereocenters. The van der Waals surface area contributed by atoms with Gasteiger partial charge in [-0.2, -0.15) is 5.10 Å². The van der Waals surface area contributed by atoms with Crippen LogP contribution in [0.25, 0.3) is 5.13 Å². The number of hydrogen-bond acceptors (Lipinski definition) is 4. The third-order valence-electron chi connectivity index (χ3n) is 2.97. The lowest BCUT2D eigenvalue weighted by Gasteiger charge is -2.02. The van der Waals surface area contributed by atoms with Crippen LogP contribution >= 0.6 is 27.3 Å². The van der Waals surface area contributed by atoms with E-state index in [-0.39, 0.29) is 5.91 Å². The number of nitrogens with zero attached hydrogens (tertiary/aromatic N) is 3. The van der Waals surface area contributed by atoms with Gasteiger partial charge in [0.2, 0.25) is 11.0 Å². The van der Waals surface area contributed by atoms with Crippen molar-refractivity contribution in [1.29, 1.82) is 0 Å². The monoisotopic (exact) mass is 370 g/mol. The molecular formula is C14H19BrN4OS. The van der Waals surface area contributed by atoms with Crippen molar-refractivity contribution in [3.8, 4) is 5.13 Å². The molecule has 0 bridgehead atoms. The van der Waals surface area contributed by atoms with Crippen molar-refractivity contribution in [3.63, 3.8) is 0 Å². The first-order chi connectivity index (χ1) is 10.1. The van der Waals surface area contributed by atoms with Gasteiger partial charge in [0, 0.05) is 35.8 Å². The minimum Gasteiger partial charge on any atom is -0.356 e. The standard InChI is InChI=1S/C14H19BrN4OS/c1-10-8-11(2)19(18-10)14-17-12(9-21-14)5-7-16-13(20)4-3-6-15/h8-9H,3-7H2,1-2H3,(H,16,20). The fraction of sp³-hybridized carbons (Fsp3) is 0.500. The Kier molecular flexibility index (Phi) is 5.93. The van der Waals surface area contributed by atoms with Gasteiger partial charge in [0.1, 0.15) is 0 Å². The first kappa shape index (κ1) is 16.2. The van der Waals surface area contributed by atoms with Crippen molar-refractivity contribution in [2.75, 3.05) is 11.9 Å². The van der Waals surface area contributed by atoms with Crippen molar-refractivity contribution >= 4 is 33.2 Å². The van der Waals surface area contributed by atoms with Gasteiger partial charge in [-0.15, -0.1) is 11.3 Å². The van der Waals surface area contributed by atoms with E-state index < -0.39 is 0 Å². The Balaban J connectivity index is 1.86. The van der Waals surface area contributed by atoms with Crippen LogP contribution in [0.2, 0.25) is 0 Å². The molecule has 2 heterocycles. The molecule has 0 aromatic carbocycles. The van der Waals surface area contributed by atoms with E-state index in [1.807, 2.05) is 30.0 Å². The van der Waals surface area contributed by atoms with E-state index in [1.54, 1.807) is 11.3 Å². The number of rotatable bonds is 7. The van der Waals surface area contributed by atoms with Gasteiger partial charge in [-0.1, -0.05) is 15.9 Å². The number of carbonyl (C=O) groups is 1. The predicted molar refractivity (Wildman–Crippen MR) is 88.5 cm³/mol. The maximum absolute atomic E-state index is 11.5. The van der Waals surface area contributed by atoms with Crippen molar-refractivity contribution in [2.45, 2.75) is 33.1 Å². The van der Waals surface area contributed by atoms with Crippen LogP contribution in [0.1, 0.15) is 29.9 Å². The third-order valence-corrected chi connectivity index (χ3v) is 4.40. The third kappa shape index (κ3) is 4.64. The summed E-state index contributed by atoms with van der Waals surface area (Å²) < 4.78 is 1.86. The molecule has 7 heteroatoms. The SMILES string of the molecule is Cc1cc(C)n(-c2nc(CCNC(=O)CCCBr)cs2)n1. The van der Waals surface area contributed by atoms with Crippen LogP contribution in [-0.4, -0.2) is 32.5 Å². The van der Waals surface area contributed by atoms with Crippen LogP contribution in [0.5, 0.6) is 0 Å². The molecule has 0 aliphatic heterocycles. The lowest BCUT2D eigenvalue weighted by atomic mass is 10.3.